The van der Waals surface area contributed by atoms with Crippen molar-refractivity contribution >= 4 is 5.82 Å². The minimum absolute atomic E-state index is 0.189. The molecule has 5 heteroatoms. The Morgan fingerprint density at radius 1 is 1.50 bits per heavy atom. The van der Waals surface area contributed by atoms with Crippen molar-refractivity contribution in [1.29, 1.82) is 0 Å². The van der Waals surface area contributed by atoms with Crippen molar-refractivity contribution in [2.45, 2.75) is 32.3 Å². The first-order chi connectivity index (χ1) is 7.70. The molecule has 1 aromatic heterocycles. The van der Waals surface area contributed by atoms with Crippen LogP contribution in [0.1, 0.15) is 24.4 Å². The van der Waals surface area contributed by atoms with Crippen LogP contribution in [0.2, 0.25) is 0 Å². The summed E-state index contributed by atoms with van der Waals surface area (Å²) in [6.45, 7) is 2.46. The molecule has 88 valence electrons. The zero-order chi connectivity index (χ0) is 11.5. The molecule has 0 bridgehead atoms. The van der Waals surface area contributed by atoms with E-state index in [9.17, 15) is 4.39 Å². The third-order valence-electron chi connectivity index (χ3n) is 2.73. The molecule has 4 nitrogen and oxygen atoms in total. The molecule has 1 aliphatic rings. The van der Waals surface area contributed by atoms with Crippen LogP contribution in [0.15, 0.2) is 0 Å². The lowest BCUT2D eigenvalue weighted by molar-refractivity contribution is 0.110. The van der Waals surface area contributed by atoms with Crippen molar-refractivity contribution in [3.05, 3.63) is 17.3 Å². The summed E-state index contributed by atoms with van der Waals surface area (Å²) in [7, 11) is 1.65. The molecule has 1 fully saturated rings. The molecule has 1 saturated heterocycles. The van der Waals surface area contributed by atoms with Gasteiger partial charge in [-0.05, 0) is 19.8 Å². The zero-order valence-electron chi connectivity index (χ0n) is 9.59. The van der Waals surface area contributed by atoms with Crippen LogP contribution in [0.25, 0.3) is 0 Å². The van der Waals surface area contributed by atoms with Gasteiger partial charge in [0.15, 0.2) is 11.6 Å². The van der Waals surface area contributed by atoms with Crippen molar-refractivity contribution in [3.63, 3.8) is 0 Å². The van der Waals surface area contributed by atoms with Crippen LogP contribution in [0.3, 0.4) is 0 Å². The lowest BCUT2D eigenvalue weighted by Gasteiger charge is -2.10. The van der Waals surface area contributed by atoms with Crippen LogP contribution in [0.5, 0.6) is 0 Å². The van der Waals surface area contributed by atoms with E-state index in [0.29, 0.717) is 17.9 Å². The molecule has 2 rings (SSSR count). The van der Waals surface area contributed by atoms with E-state index in [-0.39, 0.29) is 17.7 Å². The molecule has 16 heavy (non-hydrogen) atoms. The van der Waals surface area contributed by atoms with E-state index in [0.717, 1.165) is 19.4 Å². The molecule has 1 aliphatic heterocycles. The fraction of sp³-hybridized carbons (Fsp3) is 0.636. The lowest BCUT2D eigenvalue weighted by Crippen LogP contribution is -2.14. The maximum absolute atomic E-state index is 13.5. The summed E-state index contributed by atoms with van der Waals surface area (Å²) >= 11 is 0. The highest BCUT2D eigenvalue weighted by atomic mass is 19.1. The molecule has 1 aromatic rings. The number of ether oxygens (including phenoxy) is 1. The van der Waals surface area contributed by atoms with Crippen LogP contribution in [-0.4, -0.2) is 29.7 Å². The molecular formula is C11H16FN3O. The summed E-state index contributed by atoms with van der Waals surface area (Å²) in [5.74, 6) is 0.536. The molecule has 0 saturated carbocycles. The largest absolute Gasteiger partial charge is 0.378 e. The Morgan fingerprint density at radius 3 is 2.94 bits per heavy atom. The van der Waals surface area contributed by atoms with Gasteiger partial charge in [0, 0.05) is 20.1 Å². The number of halogens is 1. The predicted molar refractivity (Wildman–Crippen MR) is 59.0 cm³/mol. The summed E-state index contributed by atoms with van der Waals surface area (Å²) in [6, 6.07) is 0. The summed E-state index contributed by atoms with van der Waals surface area (Å²) in [6.07, 6.45) is 2.98. The van der Waals surface area contributed by atoms with Gasteiger partial charge in [-0.25, -0.2) is 14.4 Å². The monoisotopic (exact) mass is 225 g/mol. The smallest absolute Gasteiger partial charge is 0.186 e. The summed E-state index contributed by atoms with van der Waals surface area (Å²) in [5, 5.41) is 2.73. The van der Waals surface area contributed by atoms with Gasteiger partial charge in [0.1, 0.15) is 5.82 Å². The van der Waals surface area contributed by atoms with Gasteiger partial charge >= 0.3 is 0 Å². The summed E-state index contributed by atoms with van der Waals surface area (Å²) in [5.41, 5.74) is 0.382. The topological polar surface area (TPSA) is 47.0 Å². The second-order valence-corrected chi connectivity index (χ2v) is 3.98. The molecule has 0 amide bonds. The van der Waals surface area contributed by atoms with Gasteiger partial charge in [-0.15, -0.1) is 0 Å². The van der Waals surface area contributed by atoms with E-state index in [1.165, 1.54) is 0 Å². The van der Waals surface area contributed by atoms with E-state index < -0.39 is 0 Å². The van der Waals surface area contributed by atoms with E-state index in [4.69, 9.17) is 4.74 Å². The van der Waals surface area contributed by atoms with Gasteiger partial charge in [-0.2, -0.15) is 0 Å². The maximum Gasteiger partial charge on any atom is 0.186 e. The van der Waals surface area contributed by atoms with E-state index in [1.54, 1.807) is 14.0 Å². The number of aryl methyl sites for hydroxylation is 1. The fourth-order valence-electron chi connectivity index (χ4n) is 1.88. The third kappa shape index (κ3) is 2.29. The van der Waals surface area contributed by atoms with Crippen LogP contribution in [0.4, 0.5) is 10.2 Å². The second-order valence-electron chi connectivity index (χ2n) is 3.98. The number of aromatic nitrogens is 2. The van der Waals surface area contributed by atoms with Gasteiger partial charge in [0.25, 0.3) is 0 Å². The molecular weight excluding hydrogens is 209 g/mol. The summed E-state index contributed by atoms with van der Waals surface area (Å²) < 4.78 is 19.0. The second kappa shape index (κ2) is 4.74. The van der Waals surface area contributed by atoms with Gasteiger partial charge in [-0.1, -0.05) is 0 Å². The Balaban J connectivity index is 2.17. The van der Waals surface area contributed by atoms with Crippen LogP contribution >= 0.6 is 0 Å². The van der Waals surface area contributed by atoms with E-state index in [1.807, 2.05) is 0 Å². The minimum atomic E-state index is -0.376. The van der Waals surface area contributed by atoms with Crippen LogP contribution < -0.4 is 5.32 Å². The molecule has 1 atom stereocenters. The number of anilines is 1. The molecule has 0 spiro atoms. The quantitative estimate of drug-likeness (QED) is 0.850. The molecule has 1 N–H and O–H groups in total. The Kier molecular flexibility index (Phi) is 3.33. The predicted octanol–water partition coefficient (Wildman–Crippen LogP) is 1.69. The first kappa shape index (κ1) is 11.3. The molecule has 2 heterocycles. The lowest BCUT2D eigenvalue weighted by atomic mass is 10.2. The first-order valence-electron chi connectivity index (χ1n) is 5.53. The highest BCUT2D eigenvalue weighted by Crippen LogP contribution is 2.18. The van der Waals surface area contributed by atoms with Crippen LogP contribution in [0, 0.1) is 12.7 Å². The minimum Gasteiger partial charge on any atom is -0.378 e. The molecule has 1 unspecified atom stereocenters. The Bertz CT molecular complexity index is 378. The van der Waals surface area contributed by atoms with Gasteiger partial charge in [0.05, 0.1) is 11.8 Å². The Morgan fingerprint density at radius 2 is 2.31 bits per heavy atom. The standard InChI is InChI=1S/C11H16FN3O/c1-7-10(12)11(13-2)15-9(14-7)6-8-4-3-5-16-8/h8H,3-6H2,1-2H3,(H,13,14,15). The van der Waals surface area contributed by atoms with Gasteiger partial charge in [0.2, 0.25) is 0 Å². The SMILES string of the molecule is CNc1nc(CC2CCCO2)nc(C)c1F. The average molecular weight is 225 g/mol. The van der Waals surface area contributed by atoms with E-state index in [2.05, 4.69) is 15.3 Å². The molecule has 0 radical (unpaired) electrons. The Labute approximate surface area is 94.2 Å². The average Bonchev–Trinajstić information content (AvgIpc) is 2.76. The van der Waals surface area contributed by atoms with Gasteiger partial charge in [-0.3, -0.25) is 0 Å². The van der Waals surface area contributed by atoms with Crippen molar-refractivity contribution in [2.75, 3.05) is 19.0 Å². The van der Waals surface area contributed by atoms with Gasteiger partial charge < -0.3 is 10.1 Å². The Hall–Kier alpha value is -1.23. The van der Waals surface area contributed by atoms with E-state index >= 15 is 0 Å². The third-order valence-corrected chi connectivity index (χ3v) is 2.73. The fourth-order valence-corrected chi connectivity index (χ4v) is 1.88. The van der Waals surface area contributed by atoms with Crippen LogP contribution in [-0.2, 0) is 11.2 Å². The van der Waals surface area contributed by atoms with Crippen molar-refractivity contribution in [1.82, 2.24) is 9.97 Å². The highest BCUT2D eigenvalue weighted by molar-refractivity contribution is 5.37. The zero-order valence-corrected chi connectivity index (χ0v) is 9.59. The van der Waals surface area contributed by atoms with Crippen molar-refractivity contribution in [3.8, 4) is 0 Å². The maximum atomic E-state index is 13.5. The highest BCUT2D eigenvalue weighted by Gasteiger charge is 2.19. The number of hydrogen-bond donors (Lipinski definition) is 1. The molecule has 0 aromatic carbocycles. The number of nitrogens with zero attached hydrogens (tertiary/aromatic N) is 2. The normalized spacial score (nSPS) is 20.1. The number of nitrogens with one attached hydrogen (secondary N) is 1. The molecule has 0 aliphatic carbocycles. The van der Waals surface area contributed by atoms with Crippen molar-refractivity contribution < 1.29 is 9.13 Å². The first-order valence-corrected chi connectivity index (χ1v) is 5.53. The number of rotatable bonds is 3. The number of hydrogen-bond acceptors (Lipinski definition) is 4. The van der Waals surface area contributed by atoms with Crippen molar-refractivity contribution in [2.24, 2.45) is 0 Å². The summed E-state index contributed by atoms with van der Waals surface area (Å²) in [4.78, 5) is 8.28.